The van der Waals surface area contributed by atoms with Crippen molar-refractivity contribution in [2.45, 2.75) is 20.3 Å². The molecule has 0 heterocycles. The molecule has 1 aromatic carbocycles. The number of hydrogen-bond acceptors (Lipinski definition) is 5. The van der Waals surface area contributed by atoms with E-state index in [9.17, 15) is 19.7 Å². The lowest BCUT2D eigenvalue weighted by molar-refractivity contribution is -0.385. The van der Waals surface area contributed by atoms with Crippen LogP contribution in [0.5, 0.6) is 5.75 Å². The number of ether oxygens (including phenoxy) is 1. The maximum absolute atomic E-state index is 11.0. The summed E-state index contributed by atoms with van der Waals surface area (Å²) in [6.07, 6.45) is 0.432. The molecule has 0 radical (unpaired) electrons. The molecule has 7 heteroatoms. The second-order valence-corrected chi connectivity index (χ2v) is 3.50. The number of aromatic carboxylic acids is 1. The van der Waals surface area contributed by atoms with Crippen LogP contribution in [0.3, 0.4) is 0 Å². The summed E-state index contributed by atoms with van der Waals surface area (Å²) >= 11 is 0. The molecular weight excluding hydrogens is 242 g/mol. The van der Waals surface area contributed by atoms with Gasteiger partial charge in [0, 0.05) is 13.0 Å². The molecule has 0 aliphatic rings. The smallest absolute Gasteiger partial charge is 0.339 e. The quantitative estimate of drug-likeness (QED) is 0.379. The minimum absolute atomic E-state index is 0.392. The number of carbonyl (C=O) groups excluding carboxylic acids is 1. The van der Waals surface area contributed by atoms with Gasteiger partial charge >= 0.3 is 17.6 Å². The Morgan fingerprint density at radius 1 is 1.44 bits per heavy atom. The summed E-state index contributed by atoms with van der Waals surface area (Å²) in [4.78, 5) is 32.0. The number of rotatable bonds is 4. The van der Waals surface area contributed by atoms with Crippen molar-refractivity contribution in [1.82, 2.24) is 0 Å². The van der Waals surface area contributed by atoms with E-state index in [-0.39, 0.29) is 0 Å². The molecule has 7 nitrogen and oxygen atoms in total. The number of carboxylic acid groups (broad SMARTS) is 1. The van der Waals surface area contributed by atoms with E-state index in [0.29, 0.717) is 12.0 Å². The average Bonchev–Trinajstić information content (AvgIpc) is 2.27. The number of nitro benzene ring substituents is 1. The fourth-order valence-corrected chi connectivity index (χ4v) is 1.42. The third-order valence-electron chi connectivity index (χ3n) is 2.21. The lowest BCUT2D eigenvalue weighted by Crippen LogP contribution is -2.10. The van der Waals surface area contributed by atoms with Crippen molar-refractivity contribution in [3.8, 4) is 5.75 Å². The molecule has 0 unspecified atom stereocenters. The molecule has 0 saturated heterocycles. The molecule has 1 aromatic rings. The maximum atomic E-state index is 11.0. The first-order valence-corrected chi connectivity index (χ1v) is 5.09. The first-order valence-electron chi connectivity index (χ1n) is 5.09. The van der Waals surface area contributed by atoms with Crippen LogP contribution in [0.25, 0.3) is 0 Å². The Morgan fingerprint density at radius 2 is 2.06 bits per heavy atom. The Morgan fingerprint density at radius 3 is 2.44 bits per heavy atom. The standard InChI is InChI=1S/C11H11NO6/c1-3-7-4-8(11(14)15)10(18-6(2)13)9(5-7)12(16)17/h4-5H,3H2,1-2H3,(H,14,15). The molecule has 0 atom stereocenters. The van der Waals surface area contributed by atoms with E-state index in [0.717, 1.165) is 6.92 Å². The molecule has 96 valence electrons. The summed E-state index contributed by atoms with van der Waals surface area (Å²) in [6.45, 7) is 2.78. The van der Waals surface area contributed by atoms with Crippen molar-refractivity contribution >= 4 is 17.6 Å². The summed E-state index contributed by atoms with van der Waals surface area (Å²) in [6, 6.07) is 2.46. The van der Waals surface area contributed by atoms with Gasteiger partial charge in [0.2, 0.25) is 5.75 Å². The molecule has 0 bridgehead atoms. The first-order chi connectivity index (χ1) is 8.36. The number of nitrogens with zero attached hydrogens (tertiary/aromatic N) is 1. The minimum atomic E-state index is -1.38. The van der Waals surface area contributed by atoms with E-state index >= 15 is 0 Å². The van der Waals surface area contributed by atoms with Crippen molar-refractivity contribution in [2.24, 2.45) is 0 Å². The van der Waals surface area contributed by atoms with Crippen molar-refractivity contribution < 1.29 is 24.4 Å². The Balaban J connectivity index is 3.54. The van der Waals surface area contributed by atoms with Gasteiger partial charge in [0.15, 0.2) is 0 Å². The molecule has 1 N–H and O–H groups in total. The number of benzene rings is 1. The number of nitro groups is 1. The second-order valence-electron chi connectivity index (χ2n) is 3.50. The van der Waals surface area contributed by atoms with Crippen LogP contribution >= 0.6 is 0 Å². The van der Waals surface area contributed by atoms with Crippen LogP contribution in [-0.4, -0.2) is 22.0 Å². The molecule has 18 heavy (non-hydrogen) atoms. The topological polar surface area (TPSA) is 107 Å². The molecule has 0 spiro atoms. The molecular formula is C11H11NO6. The van der Waals surface area contributed by atoms with Crippen molar-refractivity contribution in [1.29, 1.82) is 0 Å². The summed E-state index contributed by atoms with van der Waals surface area (Å²) in [5.41, 5.74) is -0.437. The Labute approximate surface area is 102 Å². The second kappa shape index (κ2) is 5.26. The minimum Gasteiger partial charge on any atom is -0.478 e. The highest BCUT2D eigenvalue weighted by Gasteiger charge is 2.25. The summed E-state index contributed by atoms with van der Waals surface area (Å²) in [5, 5.41) is 19.9. The predicted octanol–water partition coefficient (Wildman–Crippen LogP) is 1.78. The maximum Gasteiger partial charge on any atom is 0.339 e. The third-order valence-corrected chi connectivity index (χ3v) is 2.21. The van der Waals surface area contributed by atoms with E-state index in [2.05, 4.69) is 4.74 Å². The number of hydrogen-bond donors (Lipinski definition) is 1. The van der Waals surface area contributed by atoms with Gasteiger partial charge in [0.25, 0.3) is 0 Å². The van der Waals surface area contributed by atoms with Gasteiger partial charge in [-0.25, -0.2) is 4.79 Å². The summed E-state index contributed by atoms with van der Waals surface area (Å²) < 4.78 is 4.64. The number of aryl methyl sites for hydroxylation is 1. The van der Waals surface area contributed by atoms with Gasteiger partial charge in [-0.15, -0.1) is 0 Å². The Kier molecular flexibility index (Phi) is 3.98. The highest BCUT2D eigenvalue weighted by atomic mass is 16.6. The first kappa shape index (κ1) is 13.6. The van der Waals surface area contributed by atoms with Crippen LogP contribution in [0.4, 0.5) is 5.69 Å². The van der Waals surface area contributed by atoms with Crippen LogP contribution in [-0.2, 0) is 11.2 Å². The Hall–Kier alpha value is -2.44. The lowest BCUT2D eigenvalue weighted by Gasteiger charge is -2.08. The van der Waals surface area contributed by atoms with Gasteiger partial charge in [-0.3, -0.25) is 14.9 Å². The van der Waals surface area contributed by atoms with E-state index in [1.807, 2.05) is 0 Å². The van der Waals surface area contributed by atoms with Crippen molar-refractivity contribution in [3.63, 3.8) is 0 Å². The van der Waals surface area contributed by atoms with Crippen LogP contribution in [0.15, 0.2) is 12.1 Å². The monoisotopic (exact) mass is 253 g/mol. The van der Waals surface area contributed by atoms with E-state index < -0.39 is 33.9 Å². The van der Waals surface area contributed by atoms with Gasteiger partial charge in [0.1, 0.15) is 5.56 Å². The van der Waals surface area contributed by atoms with Gasteiger partial charge < -0.3 is 9.84 Å². The number of esters is 1. The van der Waals surface area contributed by atoms with Crippen molar-refractivity contribution in [2.75, 3.05) is 0 Å². The molecule has 0 aromatic heterocycles. The SMILES string of the molecule is CCc1cc(C(=O)O)c(OC(C)=O)c([N+](=O)[O-])c1. The largest absolute Gasteiger partial charge is 0.478 e. The molecule has 0 aliphatic carbocycles. The van der Waals surface area contributed by atoms with Gasteiger partial charge in [0.05, 0.1) is 4.92 Å². The van der Waals surface area contributed by atoms with E-state index in [1.165, 1.54) is 12.1 Å². The molecule has 0 fully saturated rings. The zero-order valence-corrected chi connectivity index (χ0v) is 9.80. The van der Waals surface area contributed by atoms with Crippen LogP contribution < -0.4 is 4.74 Å². The van der Waals surface area contributed by atoms with Gasteiger partial charge in [-0.1, -0.05) is 6.92 Å². The molecule has 0 saturated carbocycles. The van der Waals surface area contributed by atoms with E-state index in [4.69, 9.17) is 5.11 Å². The van der Waals surface area contributed by atoms with E-state index in [1.54, 1.807) is 6.92 Å². The highest BCUT2D eigenvalue weighted by molar-refractivity contribution is 5.94. The zero-order chi connectivity index (χ0) is 13.9. The number of carbonyl (C=O) groups is 2. The lowest BCUT2D eigenvalue weighted by atomic mass is 10.1. The predicted molar refractivity (Wildman–Crippen MR) is 60.7 cm³/mol. The fourth-order valence-electron chi connectivity index (χ4n) is 1.42. The molecule has 1 rings (SSSR count). The fraction of sp³-hybridized carbons (Fsp3) is 0.273. The van der Waals surface area contributed by atoms with Gasteiger partial charge in [-0.05, 0) is 18.1 Å². The van der Waals surface area contributed by atoms with Gasteiger partial charge in [-0.2, -0.15) is 0 Å². The third kappa shape index (κ3) is 2.82. The normalized spacial score (nSPS) is 9.89. The molecule has 0 amide bonds. The number of carboxylic acids is 1. The van der Waals surface area contributed by atoms with Crippen LogP contribution in [0.2, 0.25) is 0 Å². The molecule has 0 aliphatic heterocycles. The summed E-state index contributed by atoms with van der Waals surface area (Å²) in [5.74, 6) is -2.73. The summed E-state index contributed by atoms with van der Waals surface area (Å²) in [7, 11) is 0. The highest BCUT2D eigenvalue weighted by Crippen LogP contribution is 2.33. The van der Waals surface area contributed by atoms with Crippen molar-refractivity contribution in [3.05, 3.63) is 33.4 Å². The van der Waals surface area contributed by atoms with Crippen LogP contribution in [0.1, 0.15) is 29.8 Å². The zero-order valence-electron chi connectivity index (χ0n) is 9.80. The van der Waals surface area contributed by atoms with Crippen LogP contribution in [0, 0.1) is 10.1 Å². The average molecular weight is 253 g/mol. The Bertz CT molecular complexity index is 487.